The summed E-state index contributed by atoms with van der Waals surface area (Å²) in [5, 5.41) is 9.84. The van der Waals surface area contributed by atoms with Crippen LogP contribution in [0.15, 0.2) is 194 Å². The van der Waals surface area contributed by atoms with Crippen molar-refractivity contribution in [3.05, 3.63) is 211 Å². The van der Waals surface area contributed by atoms with E-state index in [1.807, 2.05) is 36.5 Å². The molecule has 1 saturated carbocycles. The lowest BCUT2D eigenvalue weighted by Crippen LogP contribution is -2.28. The van der Waals surface area contributed by atoms with Crippen LogP contribution in [0.2, 0.25) is 0 Å². The predicted molar refractivity (Wildman–Crippen MR) is 252 cm³/mol. The van der Waals surface area contributed by atoms with Gasteiger partial charge in [0.2, 0.25) is 0 Å². The lowest BCUT2D eigenvalue weighted by molar-refractivity contribution is 0.353. The van der Waals surface area contributed by atoms with Gasteiger partial charge >= 0.3 is 0 Å². The van der Waals surface area contributed by atoms with E-state index in [1.54, 1.807) is 6.20 Å². The van der Waals surface area contributed by atoms with E-state index < -0.39 is 0 Å². The first kappa shape index (κ1) is 37.3. The Morgan fingerprint density at radius 1 is 0.419 bits per heavy atom. The van der Waals surface area contributed by atoms with Crippen LogP contribution >= 0.6 is 0 Å². The van der Waals surface area contributed by atoms with Crippen molar-refractivity contribution in [3.63, 3.8) is 0 Å². The van der Waals surface area contributed by atoms with E-state index in [1.165, 1.54) is 76.6 Å². The van der Waals surface area contributed by atoms with Gasteiger partial charge in [0.1, 0.15) is 0 Å². The summed E-state index contributed by atoms with van der Waals surface area (Å²) in [7, 11) is 0. The third-order valence-corrected chi connectivity index (χ3v) is 13.1. The van der Waals surface area contributed by atoms with Crippen LogP contribution in [-0.4, -0.2) is 15.0 Å². The van der Waals surface area contributed by atoms with E-state index in [-0.39, 0.29) is 5.41 Å². The Bertz CT molecular complexity index is 3110. The zero-order chi connectivity index (χ0) is 41.5. The molecule has 62 heavy (non-hydrogen) atoms. The van der Waals surface area contributed by atoms with Gasteiger partial charge in [0.05, 0.1) is 23.0 Å². The maximum absolute atomic E-state index is 9.84. The molecule has 0 aliphatic heterocycles. The molecule has 0 bridgehead atoms. The smallest absolute Gasteiger partial charge is 0.160 e. The third kappa shape index (κ3) is 6.69. The highest BCUT2D eigenvalue weighted by Crippen LogP contribution is 2.58. The second-order valence-corrected chi connectivity index (χ2v) is 16.6. The van der Waals surface area contributed by atoms with Gasteiger partial charge in [-0.05, 0) is 104 Å². The molecule has 2 aliphatic rings. The first-order chi connectivity index (χ1) is 30.6. The van der Waals surface area contributed by atoms with Crippen molar-refractivity contribution in [3.8, 4) is 95.6 Å². The summed E-state index contributed by atoms with van der Waals surface area (Å²) < 4.78 is 0. The van der Waals surface area contributed by atoms with Crippen molar-refractivity contribution >= 4 is 0 Å². The molecule has 294 valence electrons. The largest absolute Gasteiger partial charge is 0.264 e. The first-order valence-corrected chi connectivity index (χ1v) is 21.6. The van der Waals surface area contributed by atoms with Gasteiger partial charge in [0.25, 0.3) is 0 Å². The molecule has 1 fully saturated rings. The Balaban J connectivity index is 0.857. The number of nitriles is 1. The molecule has 0 amide bonds. The molecule has 2 aliphatic carbocycles. The van der Waals surface area contributed by atoms with Crippen LogP contribution in [0.3, 0.4) is 0 Å². The summed E-state index contributed by atoms with van der Waals surface area (Å²) in [6.07, 6.45) is 9.80. The van der Waals surface area contributed by atoms with Crippen molar-refractivity contribution < 1.29 is 0 Å². The second kappa shape index (κ2) is 15.7. The standard InChI is InChI=1S/C58H42N4/c59-37-39-14-31-52-51(35-39)56-50(12-7-13-53(56)58(52)32-5-2-6-33-58)45-25-19-42(20-26-45)40-15-17-41(18-16-40)43-21-27-46(28-22-43)54-36-55(62-57(61-54)48-9-3-1-4-10-48)47-29-23-44(24-30-47)49-11-8-34-60-38-49/h1,3-4,7-31,34-36,38H,2,5-6,32-33H2. The highest BCUT2D eigenvalue weighted by Gasteiger charge is 2.44. The maximum atomic E-state index is 9.84. The molecule has 2 heterocycles. The van der Waals surface area contributed by atoms with Crippen LogP contribution < -0.4 is 0 Å². The van der Waals surface area contributed by atoms with Gasteiger partial charge in [-0.2, -0.15) is 5.26 Å². The van der Waals surface area contributed by atoms with Crippen molar-refractivity contribution in [2.24, 2.45) is 0 Å². The summed E-state index contributed by atoms with van der Waals surface area (Å²) in [5.41, 5.74) is 20.3. The fraction of sp³-hybridized carbons (Fsp3) is 0.103. The van der Waals surface area contributed by atoms with E-state index in [0.29, 0.717) is 5.82 Å². The molecule has 0 radical (unpaired) electrons. The van der Waals surface area contributed by atoms with Crippen molar-refractivity contribution in [1.82, 2.24) is 15.0 Å². The number of aromatic nitrogens is 3. The maximum Gasteiger partial charge on any atom is 0.160 e. The van der Waals surface area contributed by atoms with Gasteiger partial charge in [-0.1, -0.05) is 177 Å². The molecule has 4 nitrogen and oxygen atoms in total. The molecule has 1 spiro atoms. The summed E-state index contributed by atoms with van der Waals surface area (Å²) in [6, 6.07) is 66.9. The molecule has 0 atom stereocenters. The highest BCUT2D eigenvalue weighted by atomic mass is 14.9. The Morgan fingerprint density at radius 3 is 1.53 bits per heavy atom. The van der Waals surface area contributed by atoms with Crippen LogP contribution in [-0.2, 0) is 5.41 Å². The average molecular weight is 795 g/mol. The molecule has 11 rings (SSSR count). The molecule has 2 aromatic heterocycles. The number of nitrogens with zero attached hydrogens (tertiary/aromatic N) is 4. The monoisotopic (exact) mass is 794 g/mol. The minimum absolute atomic E-state index is 0.0509. The number of rotatable bonds is 7. The van der Waals surface area contributed by atoms with Gasteiger partial charge in [-0.3, -0.25) is 4.98 Å². The Morgan fingerprint density at radius 2 is 0.968 bits per heavy atom. The Labute approximate surface area is 362 Å². The minimum Gasteiger partial charge on any atom is -0.264 e. The lowest BCUT2D eigenvalue weighted by atomic mass is 9.67. The fourth-order valence-corrected chi connectivity index (χ4v) is 9.92. The van der Waals surface area contributed by atoms with Crippen LogP contribution in [0.4, 0.5) is 0 Å². The third-order valence-electron chi connectivity index (χ3n) is 13.1. The van der Waals surface area contributed by atoms with Crippen LogP contribution in [0.1, 0.15) is 48.8 Å². The van der Waals surface area contributed by atoms with Crippen molar-refractivity contribution in [1.29, 1.82) is 5.26 Å². The Kier molecular flexibility index (Phi) is 9.44. The summed E-state index contributed by atoms with van der Waals surface area (Å²) in [4.78, 5) is 14.4. The summed E-state index contributed by atoms with van der Waals surface area (Å²) in [6.45, 7) is 0. The summed E-state index contributed by atoms with van der Waals surface area (Å²) >= 11 is 0. The van der Waals surface area contributed by atoms with Crippen LogP contribution in [0.25, 0.3) is 89.5 Å². The molecule has 7 aromatic carbocycles. The number of benzene rings is 7. The fourth-order valence-electron chi connectivity index (χ4n) is 9.92. The number of pyridine rings is 1. The normalized spacial score (nSPS) is 13.6. The predicted octanol–water partition coefficient (Wildman–Crippen LogP) is 14.6. The van der Waals surface area contributed by atoms with E-state index in [9.17, 15) is 5.26 Å². The van der Waals surface area contributed by atoms with Gasteiger partial charge < -0.3 is 0 Å². The second-order valence-electron chi connectivity index (χ2n) is 16.6. The summed E-state index contributed by atoms with van der Waals surface area (Å²) in [5.74, 6) is 0.696. The molecular formula is C58H42N4. The number of fused-ring (bicyclic) bond motifs is 5. The van der Waals surface area contributed by atoms with Gasteiger partial charge in [-0.25, -0.2) is 9.97 Å². The van der Waals surface area contributed by atoms with Gasteiger partial charge in [0.15, 0.2) is 5.82 Å². The number of hydrogen-bond donors (Lipinski definition) is 0. The highest BCUT2D eigenvalue weighted by molar-refractivity contribution is 5.93. The molecule has 0 unspecified atom stereocenters. The van der Waals surface area contributed by atoms with E-state index in [4.69, 9.17) is 9.97 Å². The zero-order valence-electron chi connectivity index (χ0n) is 34.3. The van der Waals surface area contributed by atoms with E-state index >= 15 is 0 Å². The van der Waals surface area contributed by atoms with E-state index in [0.717, 1.165) is 55.9 Å². The topological polar surface area (TPSA) is 62.5 Å². The van der Waals surface area contributed by atoms with Crippen molar-refractivity contribution in [2.45, 2.75) is 37.5 Å². The molecule has 9 aromatic rings. The van der Waals surface area contributed by atoms with Gasteiger partial charge in [-0.15, -0.1) is 0 Å². The van der Waals surface area contributed by atoms with Crippen LogP contribution in [0.5, 0.6) is 0 Å². The van der Waals surface area contributed by atoms with Gasteiger partial charge in [0, 0.05) is 34.5 Å². The molecule has 0 saturated heterocycles. The quantitative estimate of drug-likeness (QED) is 0.161. The van der Waals surface area contributed by atoms with E-state index in [2.05, 4.69) is 163 Å². The molecule has 4 heteroatoms. The minimum atomic E-state index is 0.0509. The number of hydrogen-bond acceptors (Lipinski definition) is 4. The first-order valence-electron chi connectivity index (χ1n) is 21.6. The lowest BCUT2D eigenvalue weighted by Gasteiger charge is -2.36. The SMILES string of the molecule is N#Cc1ccc2c(c1)-c1c(-c3ccc(-c4ccc(-c5ccc(-c6cc(-c7ccc(-c8cccnc8)cc7)nc(-c7ccccc7)n6)cc5)cc4)cc3)cccc1C21CCCCC1. The molecule has 0 N–H and O–H groups in total. The van der Waals surface area contributed by atoms with Crippen molar-refractivity contribution in [2.75, 3.05) is 0 Å². The molecular weight excluding hydrogens is 753 g/mol. The van der Waals surface area contributed by atoms with Crippen LogP contribution in [0, 0.1) is 11.3 Å². The zero-order valence-corrected chi connectivity index (χ0v) is 34.3. The Hall–Kier alpha value is -7.74. The average Bonchev–Trinajstić information content (AvgIpc) is 3.62.